The van der Waals surface area contributed by atoms with Crippen LogP contribution in [0.3, 0.4) is 0 Å². The zero-order valence-electron chi connectivity index (χ0n) is 16.5. The van der Waals surface area contributed by atoms with E-state index >= 15 is 0 Å². The van der Waals surface area contributed by atoms with Crippen LogP contribution in [-0.4, -0.2) is 22.2 Å². The number of hydrogen-bond donors (Lipinski definition) is 0. The van der Waals surface area contributed by atoms with E-state index in [2.05, 4.69) is 124 Å². The van der Waals surface area contributed by atoms with Crippen LogP contribution in [0.5, 0.6) is 0 Å². The summed E-state index contributed by atoms with van der Waals surface area (Å²) in [6, 6.07) is 31.2. The third-order valence-corrected chi connectivity index (χ3v) is 8.47. The Hall–Kier alpha value is -2.32. The third-order valence-electron chi connectivity index (χ3n) is 5.36. The van der Waals surface area contributed by atoms with Crippen molar-refractivity contribution in [2.45, 2.75) is 24.7 Å². The van der Waals surface area contributed by atoms with E-state index in [1.807, 2.05) is 0 Å². The van der Waals surface area contributed by atoms with Gasteiger partial charge in [-0.05, 0) is 28.8 Å². The second kappa shape index (κ2) is 7.12. The zero-order chi connectivity index (χ0) is 18.8. The molecule has 0 heterocycles. The number of rotatable bonds is 5. The molecule has 134 valence electrons. The molecule has 0 unspecified atom stereocenters. The summed E-state index contributed by atoms with van der Waals surface area (Å²) in [6.07, 6.45) is 0. The van der Waals surface area contributed by atoms with E-state index in [4.69, 9.17) is 0 Å². The van der Waals surface area contributed by atoms with E-state index in [-0.39, 0.29) is 5.04 Å². The van der Waals surface area contributed by atoms with Gasteiger partial charge < -0.3 is 4.90 Å². The highest BCUT2D eigenvalue weighted by molar-refractivity contribution is 6.80. The fourth-order valence-corrected chi connectivity index (χ4v) is 7.28. The summed E-state index contributed by atoms with van der Waals surface area (Å²) in [5, 5.41) is -0.0830. The van der Waals surface area contributed by atoms with Gasteiger partial charge in [-0.3, -0.25) is 0 Å². The van der Waals surface area contributed by atoms with E-state index < -0.39 is 8.07 Å². The summed E-state index contributed by atoms with van der Waals surface area (Å²) in [7, 11) is 2.47. The predicted molar refractivity (Wildman–Crippen MR) is 117 cm³/mol. The van der Waals surface area contributed by atoms with Gasteiger partial charge in [-0.1, -0.05) is 92.4 Å². The first-order chi connectivity index (χ1) is 12.4. The molecule has 0 spiro atoms. The molecule has 3 aromatic rings. The van der Waals surface area contributed by atoms with Gasteiger partial charge in [0.15, 0.2) is 0 Å². The first-order valence-corrected chi connectivity index (χ1v) is 12.8. The summed E-state index contributed by atoms with van der Waals surface area (Å²) in [5.74, 6) is 0. The van der Waals surface area contributed by atoms with Gasteiger partial charge in [0.2, 0.25) is 0 Å². The van der Waals surface area contributed by atoms with Gasteiger partial charge in [0.05, 0.1) is 8.07 Å². The summed E-state index contributed by atoms with van der Waals surface area (Å²) in [6.45, 7) is 7.44. The Kier molecular flexibility index (Phi) is 5.06. The molecule has 0 fully saturated rings. The van der Waals surface area contributed by atoms with Gasteiger partial charge in [0, 0.05) is 24.8 Å². The Morgan fingerprint density at radius 3 is 1.31 bits per heavy atom. The lowest BCUT2D eigenvalue weighted by Gasteiger charge is -2.45. The van der Waals surface area contributed by atoms with Crippen LogP contribution >= 0.6 is 0 Å². The molecular weight excluding hydrogens is 330 g/mol. The maximum atomic E-state index is 2.48. The minimum absolute atomic E-state index is 0.0830. The molecule has 0 radical (unpaired) electrons. The molecule has 2 heteroatoms. The SMILES string of the molecule is CN(C)c1ccc(C(c2ccccc2)(c2ccccc2)[Si](C)(C)C)cc1. The van der Waals surface area contributed by atoms with Crippen LogP contribution < -0.4 is 4.90 Å². The van der Waals surface area contributed by atoms with E-state index in [0.717, 1.165) is 0 Å². The molecule has 1 nitrogen and oxygen atoms in total. The fourth-order valence-electron chi connectivity index (χ4n) is 4.18. The van der Waals surface area contributed by atoms with Gasteiger partial charge in [0.25, 0.3) is 0 Å². The Labute approximate surface area is 159 Å². The molecule has 3 rings (SSSR count). The van der Waals surface area contributed by atoms with Crippen molar-refractivity contribution in [3.05, 3.63) is 102 Å². The Balaban J connectivity index is 2.34. The van der Waals surface area contributed by atoms with Gasteiger partial charge in [-0.2, -0.15) is 0 Å². The van der Waals surface area contributed by atoms with Crippen molar-refractivity contribution in [1.82, 2.24) is 0 Å². The standard InChI is InChI=1S/C24H29NSi/c1-25(2)23-18-16-22(17-19-23)24(26(3,4)5,20-12-8-6-9-13-20)21-14-10-7-11-15-21/h6-19H,1-5H3. The minimum atomic E-state index is -1.72. The quantitative estimate of drug-likeness (QED) is 0.401. The molecule has 0 saturated heterocycles. The van der Waals surface area contributed by atoms with Gasteiger partial charge in [0.1, 0.15) is 0 Å². The molecule has 0 aromatic heterocycles. The van der Waals surface area contributed by atoms with Crippen molar-refractivity contribution in [2.24, 2.45) is 0 Å². The van der Waals surface area contributed by atoms with Gasteiger partial charge >= 0.3 is 0 Å². The summed E-state index contributed by atoms with van der Waals surface area (Å²) >= 11 is 0. The average molecular weight is 360 g/mol. The number of nitrogens with zero attached hydrogens (tertiary/aromatic N) is 1. The van der Waals surface area contributed by atoms with Crippen LogP contribution in [0.1, 0.15) is 16.7 Å². The smallest absolute Gasteiger partial charge is 0.0668 e. The van der Waals surface area contributed by atoms with E-state index in [0.29, 0.717) is 0 Å². The molecule has 0 aliphatic carbocycles. The second-order valence-electron chi connectivity index (χ2n) is 8.17. The molecule has 0 atom stereocenters. The van der Waals surface area contributed by atoms with Gasteiger partial charge in [-0.25, -0.2) is 0 Å². The van der Waals surface area contributed by atoms with Crippen molar-refractivity contribution in [1.29, 1.82) is 0 Å². The number of benzene rings is 3. The Morgan fingerprint density at radius 1 is 0.577 bits per heavy atom. The minimum Gasteiger partial charge on any atom is -0.378 e. The van der Waals surface area contributed by atoms with Crippen molar-refractivity contribution >= 4 is 13.8 Å². The number of hydrogen-bond acceptors (Lipinski definition) is 1. The average Bonchev–Trinajstić information content (AvgIpc) is 2.63. The van der Waals surface area contributed by atoms with Crippen LogP contribution in [0.15, 0.2) is 84.9 Å². The van der Waals surface area contributed by atoms with E-state index in [1.165, 1.54) is 22.4 Å². The third kappa shape index (κ3) is 3.10. The molecule has 26 heavy (non-hydrogen) atoms. The fraction of sp³-hybridized carbons (Fsp3) is 0.250. The highest BCUT2D eigenvalue weighted by atomic mass is 28.3. The molecule has 0 saturated carbocycles. The highest BCUT2D eigenvalue weighted by Crippen LogP contribution is 2.46. The van der Waals surface area contributed by atoms with E-state index in [1.54, 1.807) is 0 Å². The van der Waals surface area contributed by atoms with Crippen molar-refractivity contribution in [3.63, 3.8) is 0 Å². The molecular formula is C24H29NSi. The topological polar surface area (TPSA) is 3.24 Å². The van der Waals surface area contributed by atoms with Crippen molar-refractivity contribution in [2.75, 3.05) is 19.0 Å². The van der Waals surface area contributed by atoms with Crippen LogP contribution in [0, 0.1) is 0 Å². The molecule has 0 amide bonds. The first kappa shape index (κ1) is 18.5. The largest absolute Gasteiger partial charge is 0.378 e. The lowest BCUT2D eigenvalue weighted by molar-refractivity contribution is 0.828. The summed E-state index contributed by atoms with van der Waals surface area (Å²) in [4.78, 5) is 2.16. The molecule has 0 aliphatic heterocycles. The van der Waals surface area contributed by atoms with Gasteiger partial charge in [-0.15, -0.1) is 0 Å². The second-order valence-corrected chi connectivity index (χ2v) is 13.4. The maximum Gasteiger partial charge on any atom is 0.0668 e. The van der Waals surface area contributed by atoms with Crippen molar-refractivity contribution < 1.29 is 0 Å². The highest BCUT2D eigenvalue weighted by Gasteiger charge is 2.47. The van der Waals surface area contributed by atoms with E-state index in [9.17, 15) is 0 Å². The summed E-state index contributed by atoms with van der Waals surface area (Å²) < 4.78 is 0. The molecule has 3 aromatic carbocycles. The predicted octanol–water partition coefficient (Wildman–Crippen LogP) is 5.96. The first-order valence-electron chi connectivity index (χ1n) is 9.26. The zero-order valence-corrected chi connectivity index (χ0v) is 17.5. The van der Waals surface area contributed by atoms with Crippen molar-refractivity contribution in [3.8, 4) is 0 Å². The lowest BCUT2D eigenvalue weighted by atomic mass is 9.83. The molecule has 0 N–H and O–H groups in total. The molecule has 0 aliphatic rings. The van der Waals surface area contributed by atoms with Crippen LogP contribution in [-0.2, 0) is 5.04 Å². The van der Waals surface area contributed by atoms with Crippen LogP contribution in [0.4, 0.5) is 5.69 Å². The summed E-state index contributed by atoms with van der Waals surface area (Å²) in [5.41, 5.74) is 5.41. The maximum absolute atomic E-state index is 2.48. The number of anilines is 1. The van der Waals surface area contributed by atoms with Crippen LogP contribution in [0.25, 0.3) is 0 Å². The van der Waals surface area contributed by atoms with Crippen LogP contribution in [0.2, 0.25) is 19.6 Å². The monoisotopic (exact) mass is 359 g/mol. The lowest BCUT2D eigenvalue weighted by Crippen LogP contribution is -2.51. The Bertz CT molecular complexity index is 791. The molecule has 0 bridgehead atoms. The normalized spacial score (nSPS) is 12.0. The Morgan fingerprint density at radius 2 is 0.962 bits per heavy atom.